The molecule has 0 fully saturated rings. The van der Waals surface area contributed by atoms with Crippen LogP contribution in [0.3, 0.4) is 0 Å². The third kappa shape index (κ3) is 3.19. The Labute approximate surface area is 99.9 Å². The minimum absolute atomic E-state index is 0.106. The van der Waals surface area contributed by atoms with Gasteiger partial charge in [-0.05, 0) is 0 Å². The number of hydrogen-bond acceptors (Lipinski definition) is 0. The average molecular weight is 218 g/mol. The Hall–Kier alpha value is -1.11. The first-order valence-corrected chi connectivity index (χ1v) is 5.91. The molecule has 0 aromatic heterocycles. The van der Waals surface area contributed by atoms with Gasteiger partial charge in [-0.3, -0.25) is 0 Å². The fourth-order valence-corrected chi connectivity index (χ4v) is 1.77. The first-order chi connectivity index (χ1) is 7.23. The van der Waals surface area contributed by atoms with Crippen LogP contribution in [-0.4, -0.2) is 15.8 Å². The topological polar surface area (TPSA) is 3.01 Å². The summed E-state index contributed by atoms with van der Waals surface area (Å²) in [6.45, 7) is 13.5. The third-order valence-electron chi connectivity index (χ3n) is 2.57. The maximum absolute atomic E-state index is 2.35. The molecule has 0 bridgehead atoms. The van der Waals surface area contributed by atoms with Crippen LogP contribution < -0.4 is 0 Å². The summed E-state index contributed by atoms with van der Waals surface area (Å²) < 4.78 is 2.35. The molecular formula is C15H24N+. The summed E-state index contributed by atoms with van der Waals surface area (Å²) in [7, 11) is 0. The molecule has 0 aromatic carbocycles. The van der Waals surface area contributed by atoms with Crippen molar-refractivity contribution >= 4 is 5.71 Å². The number of hydrogen-bond donors (Lipinski definition) is 0. The van der Waals surface area contributed by atoms with Crippen molar-refractivity contribution < 1.29 is 4.58 Å². The van der Waals surface area contributed by atoms with E-state index >= 15 is 0 Å². The zero-order valence-corrected chi connectivity index (χ0v) is 11.4. The molecule has 0 amide bonds. The highest BCUT2D eigenvalue weighted by molar-refractivity contribution is 5.95. The number of rotatable bonds is 0. The fourth-order valence-electron chi connectivity index (χ4n) is 1.77. The maximum Gasteiger partial charge on any atom is 0.187 e. The quantitative estimate of drug-likeness (QED) is 0.542. The van der Waals surface area contributed by atoms with E-state index in [9.17, 15) is 0 Å². The molecule has 0 aliphatic carbocycles. The van der Waals surface area contributed by atoms with Crippen molar-refractivity contribution in [3.8, 4) is 0 Å². The average Bonchev–Trinajstić information content (AvgIpc) is 1.96. The van der Waals surface area contributed by atoms with Crippen molar-refractivity contribution in [2.75, 3.05) is 0 Å². The van der Waals surface area contributed by atoms with E-state index in [0.29, 0.717) is 0 Å². The molecule has 16 heavy (non-hydrogen) atoms. The van der Waals surface area contributed by atoms with Crippen LogP contribution in [0.15, 0.2) is 36.6 Å². The van der Waals surface area contributed by atoms with Gasteiger partial charge < -0.3 is 0 Å². The van der Waals surface area contributed by atoms with E-state index < -0.39 is 0 Å². The summed E-state index contributed by atoms with van der Waals surface area (Å²) in [5.41, 5.74) is 1.61. The van der Waals surface area contributed by atoms with Crippen molar-refractivity contribution in [3.63, 3.8) is 0 Å². The van der Waals surface area contributed by atoms with E-state index in [-0.39, 0.29) is 11.0 Å². The standard InChI is InChI=1S/C15H24N/c1-14(2,3)13-11-9-7-8-10-12-16(13)15(4,5)6/h7-12H,1-6H3/q+1/b8-7-,9-7?,10-8?,11-9?,12-10-,13-11?,16-12?,16-13?. The van der Waals surface area contributed by atoms with Gasteiger partial charge in [0.2, 0.25) is 0 Å². The lowest BCUT2D eigenvalue weighted by molar-refractivity contribution is -0.537. The summed E-state index contributed by atoms with van der Waals surface area (Å²) in [4.78, 5) is 0. The lowest BCUT2D eigenvalue weighted by atomic mass is 9.87. The van der Waals surface area contributed by atoms with Crippen molar-refractivity contribution in [1.82, 2.24) is 0 Å². The van der Waals surface area contributed by atoms with Gasteiger partial charge in [-0.2, -0.15) is 4.58 Å². The molecule has 0 radical (unpaired) electrons. The lowest BCUT2D eigenvalue weighted by Crippen LogP contribution is -2.38. The Morgan fingerprint density at radius 3 is 1.88 bits per heavy atom. The first kappa shape index (κ1) is 13.0. The van der Waals surface area contributed by atoms with Gasteiger partial charge in [0.25, 0.3) is 0 Å². The SMILES string of the molecule is CC(C)(C)C1=[N+](C(C)(C)C)/C=C\C=C/C=C1. The molecule has 0 saturated heterocycles. The normalized spacial score (nSPS) is 21.6. The van der Waals surface area contributed by atoms with Gasteiger partial charge in [0.15, 0.2) is 17.5 Å². The third-order valence-corrected chi connectivity index (χ3v) is 2.57. The second kappa shape index (κ2) is 4.40. The van der Waals surface area contributed by atoms with Crippen molar-refractivity contribution in [2.45, 2.75) is 47.1 Å². The lowest BCUT2D eigenvalue weighted by Gasteiger charge is -2.24. The molecule has 0 aromatic rings. The van der Waals surface area contributed by atoms with Crippen LogP contribution in [-0.2, 0) is 0 Å². The minimum atomic E-state index is 0.106. The number of nitrogens with zero attached hydrogens (tertiary/aromatic N) is 1. The van der Waals surface area contributed by atoms with E-state index in [0.717, 1.165) is 0 Å². The van der Waals surface area contributed by atoms with Gasteiger partial charge in [0.05, 0.1) is 0 Å². The van der Waals surface area contributed by atoms with E-state index in [1.165, 1.54) is 5.71 Å². The predicted molar refractivity (Wildman–Crippen MR) is 71.9 cm³/mol. The van der Waals surface area contributed by atoms with Crippen LogP contribution in [0.5, 0.6) is 0 Å². The van der Waals surface area contributed by atoms with E-state index in [1.54, 1.807) is 0 Å². The summed E-state index contributed by atoms with van der Waals surface area (Å²) in [6.07, 6.45) is 12.7. The van der Waals surface area contributed by atoms with Crippen LogP contribution in [0.2, 0.25) is 0 Å². The monoisotopic (exact) mass is 218 g/mol. The molecular weight excluding hydrogens is 194 g/mol. The van der Waals surface area contributed by atoms with Gasteiger partial charge in [-0.15, -0.1) is 0 Å². The molecule has 0 spiro atoms. The highest BCUT2D eigenvalue weighted by atomic mass is 15.1. The van der Waals surface area contributed by atoms with E-state index in [1.807, 2.05) is 0 Å². The molecule has 0 unspecified atom stereocenters. The predicted octanol–water partition coefficient (Wildman–Crippen LogP) is 3.92. The molecule has 0 N–H and O–H groups in total. The van der Waals surface area contributed by atoms with Crippen LogP contribution >= 0.6 is 0 Å². The zero-order chi connectivity index (χ0) is 12.4. The molecule has 1 heterocycles. The molecule has 0 atom stereocenters. The second-order valence-electron chi connectivity index (χ2n) is 6.26. The van der Waals surface area contributed by atoms with Gasteiger partial charge in [0, 0.05) is 38.3 Å². The first-order valence-electron chi connectivity index (χ1n) is 5.91. The Kier molecular flexibility index (Phi) is 3.57. The fraction of sp³-hybridized carbons (Fsp3) is 0.533. The maximum atomic E-state index is 2.35. The summed E-state index contributed by atoms with van der Waals surface area (Å²) in [5.74, 6) is 0. The Morgan fingerprint density at radius 1 is 0.812 bits per heavy atom. The van der Waals surface area contributed by atoms with Gasteiger partial charge in [0.1, 0.15) is 0 Å². The largest absolute Gasteiger partial charge is 0.198 e. The van der Waals surface area contributed by atoms with Gasteiger partial charge in [-0.25, -0.2) is 0 Å². The molecule has 1 nitrogen and oxygen atoms in total. The zero-order valence-electron chi connectivity index (χ0n) is 11.4. The van der Waals surface area contributed by atoms with E-state index in [2.05, 4.69) is 82.7 Å². The molecule has 1 rings (SSSR count). The Morgan fingerprint density at radius 2 is 1.38 bits per heavy atom. The summed E-state index contributed by atoms with van der Waals surface area (Å²) >= 11 is 0. The highest BCUT2D eigenvalue weighted by Gasteiger charge is 2.32. The van der Waals surface area contributed by atoms with Crippen LogP contribution in [0.25, 0.3) is 0 Å². The smallest absolute Gasteiger partial charge is 0.187 e. The summed E-state index contributed by atoms with van der Waals surface area (Å²) in [5, 5.41) is 0. The van der Waals surface area contributed by atoms with Gasteiger partial charge >= 0.3 is 0 Å². The van der Waals surface area contributed by atoms with Crippen LogP contribution in [0.1, 0.15) is 41.5 Å². The van der Waals surface area contributed by atoms with E-state index in [4.69, 9.17) is 0 Å². The van der Waals surface area contributed by atoms with Gasteiger partial charge in [-0.1, -0.05) is 39.0 Å². The number of allylic oxidation sites excluding steroid dienone is 5. The minimum Gasteiger partial charge on any atom is -0.198 e. The molecule has 1 aliphatic heterocycles. The molecule has 0 saturated carbocycles. The Balaban J connectivity index is 3.38. The van der Waals surface area contributed by atoms with Crippen molar-refractivity contribution in [1.29, 1.82) is 0 Å². The van der Waals surface area contributed by atoms with Crippen LogP contribution in [0.4, 0.5) is 0 Å². The van der Waals surface area contributed by atoms with Crippen molar-refractivity contribution in [3.05, 3.63) is 36.6 Å². The second-order valence-corrected chi connectivity index (χ2v) is 6.26. The summed E-state index contributed by atoms with van der Waals surface area (Å²) in [6, 6.07) is 0. The molecule has 1 heteroatoms. The molecule has 88 valence electrons. The molecule has 1 aliphatic rings. The Bertz CT molecular complexity index is 329. The highest BCUT2D eigenvalue weighted by Crippen LogP contribution is 2.22. The van der Waals surface area contributed by atoms with Crippen LogP contribution in [0, 0.1) is 5.41 Å². The van der Waals surface area contributed by atoms with Crippen molar-refractivity contribution in [2.24, 2.45) is 5.41 Å².